The minimum absolute atomic E-state index is 0.0872. The van der Waals surface area contributed by atoms with E-state index in [4.69, 9.17) is 14.6 Å². The number of carbonyl (C=O) groups excluding carboxylic acids is 3. The van der Waals surface area contributed by atoms with Crippen molar-refractivity contribution in [1.82, 2.24) is 15.5 Å². The van der Waals surface area contributed by atoms with Crippen LogP contribution in [0.5, 0.6) is 0 Å². The summed E-state index contributed by atoms with van der Waals surface area (Å²) in [5, 5.41) is 13.6. The van der Waals surface area contributed by atoms with Crippen LogP contribution in [0.2, 0.25) is 0 Å². The lowest BCUT2D eigenvalue weighted by molar-refractivity contribution is -0.192. The molecule has 35 heavy (non-hydrogen) atoms. The van der Waals surface area contributed by atoms with Gasteiger partial charge in [-0.2, -0.15) is 13.2 Å². The van der Waals surface area contributed by atoms with Gasteiger partial charge in [-0.3, -0.25) is 14.4 Å². The molecular weight excluding hydrogens is 471 g/mol. The van der Waals surface area contributed by atoms with E-state index in [0.29, 0.717) is 12.3 Å². The molecule has 1 saturated carbocycles. The van der Waals surface area contributed by atoms with Gasteiger partial charge in [-0.05, 0) is 70.4 Å². The van der Waals surface area contributed by atoms with Crippen LogP contribution in [-0.4, -0.2) is 79.3 Å². The Kier molecular flexibility index (Phi) is 11.3. The molecule has 200 valence electrons. The summed E-state index contributed by atoms with van der Waals surface area (Å²) in [5.41, 5.74) is 0. The number of carbonyl (C=O) groups is 4. The molecule has 2 heterocycles. The van der Waals surface area contributed by atoms with Gasteiger partial charge in [0.1, 0.15) is 0 Å². The second kappa shape index (κ2) is 13.6. The van der Waals surface area contributed by atoms with Gasteiger partial charge in [0.15, 0.2) is 0 Å². The Morgan fingerprint density at radius 3 is 1.97 bits per heavy atom. The SMILES string of the molecule is COC(=O)CC1CCN(C(=O)C2CCC(NC(=O)C3CCNCC3)CC2)CC1.O=C(O)C(F)(F)F. The van der Waals surface area contributed by atoms with Crippen LogP contribution in [0.3, 0.4) is 0 Å². The van der Waals surface area contributed by atoms with Crippen molar-refractivity contribution in [3.8, 4) is 0 Å². The number of halogens is 3. The van der Waals surface area contributed by atoms with E-state index in [9.17, 15) is 27.6 Å². The van der Waals surface area contributed by atoms with Gasteiger partial charge in [-0.25, -0.2) is 4.79 Å². The van der Waals surface area contributed by atoms with Gasteiger partial charge >= 0.3 is 18.1 Å². The Morgan fingerprint density at radius 1 is 0.943 bits per heavy atom. The van der Waals surface area contributed by atoms with Gasteiger partial charge in [0.05, 0.1) is 7.11 Å². The predicted molar refractivity (Wildman–Crippen MR) is 119 cm³/mol. The third kappa shape index (κ3) is 9.65. The zero-order valence-electron chi connectivity index (χ0n) is 20.1. The molecule has 0 aromatic heterocycles. The Balaban J connectivity index is 0.000000540. The van der Waals surface area contributed by atoms with E-state index in [0.717, 1.165) is 77.5 Å². The molecule has 12 heteroatoms. The lowest BCUT2D eigenvalue weighted by Gasteiger charge is -2.36. The van der Waals surface area contributed by atoms with E-state index in [1.807, 2.05) is 4.90 Å². The van der Waals surface area contributed by atoms with Crippen LogP contribution in [0.25, 0.3) is 0 Å². The Morgan fingerprint density at radius 2 is 1.49 bits per heavy atom. The second-order valence-electron chi connectivity index (χ2n) is 9.43. The predicted octanol–water partition coefficient (Wildman–Crippen LogP) is 2.10. The van der Waals surface area contributed by atoms with Crippen LogP contribution in [0.1, 0.15) is 57.8 Å². The number of nitrogens with zero attached hydrogens (tertiary/aromatic N) is 1. The summed E-state index contributed by atoms with van der Waals surface area (Å²) in [6.07, 6.45) is 2.48. The first-order chi connectivity index (χ1) is 16.5. The molecule has 2 amide bonds. The molecule has 3 aliphatic rings. The van der Waals surface area contributed by atoms with Crippen molar-refractivity contribution < 1.29 is 42.2 Å². The number of esters is 1. The molecular formula is C23H36F3N3O6. The molecule has 0 bridgehead atoms. The van der Waals surface area contributed by atoms with Crippen LogP contribution >= 0.6 is 0 Å². The number of rotatable bonds is 5. The first-order valence-corrected chi connectivity index (χ1v) is 12.2. The number of likely N-dealkylation sites (tertiary alicyclic amines) is 1. The van der Waals surface area contributed by atoms with Gasteiger partial charge in [-0.1, -0.05) is 0 Å². The topological polar surface area (TPSA) is 125 Å². The van der Waals surface area contributed by atoms with Crippen molar-refractivity contribution in [2.45, 2.75) is 70.0 Å². The highest BCUT2D eigenvalue weighted by molar-refractivity contribution is 5.80. The lowest BCUT2D eigenvalue weighted by Crippen LogP contribution is -2.46. The second-order valence-corrected chi connectivity index (χ2v) is 9.43. The number of alkyl halides is 3. The van der Waals surface area contributed by atoms with Crippen molar-refractivity contribution in [1.29, 1.82) is 0 Å². The minimum atomic E-state index is -5.08. The zero-order valence-corrected chi connectivity index (χ0v) is 20.1. The van der Waals surface area contributed by atoms with E-state index in [-0.39, 0.29) is 35.7 Å². The normalized spacial score (nSPS) is 24.1. The first-order valence-electron chi connectivity index (χ1n) is 12.2. The van der Waals surface area contributed by atoms with E-state index >= 15 is 0 Å². The largest absolute Gasteiger partial charge is 0.490 e. The molecule has 0 radical (unpaired) electrons. The van der Waals surface area contributed by atoms with Crippen LogP contribution in [0.15, 0.2) is 0 Å². The Bertz CT molecular complexity index is 727. The number of piperidine rings is 2. The average molecular weight is 508 g/mol. The fourth-order valence-electron chi connectivity index (χ4n) is 4.82. The quantitative estimate of drug-likeness (QED) is 0.487. The summed E-state index contributed by atoms with van der Waals surface area (Å²) >= 11 is 0. The highest BCUT2D eigenvalue weighted by Crippen LogP contribution is 2.29. The molecule has 3 fully saturated rings. The number of hydrogen-bond acceptors (Lipinski definition) is 6. The van der Waals surface area contributed by atoms with E-state index in [2.05, 4.69) is 10.6 Å². The van der Waals surface area contributed by atoms with Crippen molar-refractivity contribution in [2.75, 3.05) is 33.3 Å². The van der Waals surface area contributed by atoms with Gasteiger partial charge < -0.3 is 25.4 Å². The molecule has 0 aromatic carbocycles. The Labute approximate surface area is 203 Å². The van der Waals surface area contributed by atoms with Gasteiger partial charge in [0, 0.05) is 37.4 Å². The third-order valence-electron chi connectivity index (χ3n) is 6.98. The molecule has 0 unspecified atom stereocenters. The fourth-order valence-corrected chi connectivity index (χ4v) is 4.82. The van der Waals surface area contributed by atoms with Crippen molar-refractivity contribution in [3.05, 3.63) is 0 Å². The molecule has 9 nitrogen and oxygen atoms in total. The molecule has 2 saturated heterocycles. The molecule has 1 aliphatic carbocycles. The third-order valence-corrected chi connectivity index (χ3v) is 6.98. The number of hydrogen-bond donors (Lipinski definition) is 3. The molecule has 0 atom stereocenters. The molecule has 0 spiro atoms. The summed E-state index contributed by atoms with van der Waals surface area (Å²) in [6, 6.07) is 0.220. The van der Waals surface area contributed by atoms with E-state index < -0.39 is 12.1 Å². The van der Waals surface area contributed by atoms with Crippen LogP contribution in [0.4, 0.5) is 13.2 Å². The Hall–Kier alpha value is -2.37. The number of amides is 2. The van der Waals surface area contributed by atoms with Crippen molar-refractivity contribution in [2.24, 2.45) is 17.8 Å². The summed E-state index contributed by atoms with van der Waals surface area (Å²) in [4.78, 5) is 47.6. The summed E-state index contributed by atoms with van der Waals surface area (Å²) in [5.74, 6) is -1.89. The number of aliphatic carboxylic acids is 1. The van der Waals surface area contributed by atoms with Crippen molar-refractivity contribution >= 4 is 23.8 Å². The number of ether oxygens (including phenoxy) is 1. The number of carboxylic acids is 1. The maximum absolute atomic E-state index is 12.9. The highest BCUT2D eigenvalue weighted by atomic mass is 19.4. The van der Waals surface area contributed by atoms with Gasteiger partial charge in [0.25, 0.3) is 0 Å². The summed E-state index contributed by atoms with van der Waals surface area (Å²) in [7, 11) is 1.42. The number of methoxy groups -OCH3 is 1. The summed E-state index contributed by atoms with van der Waals surface area (Å²) in [6.45, 7) is 3.34. The monoisotopic (exact) mass is 507 g/mol. The standard InChI is InChI=1S/C21H35N3O4.C2HF3O2/c1-28-19(25)14-15-8-12-24(13-9-15)21(27)17-2-4-18(5-3-17)23-20(26)16-6-10-22-11-7-16;3-2(4,5)1(6)7/h15-18,22H,2-14H2,1H3,(H,23,26);(H,6,7). The minimum Gasteiger partial charge on any atom is -0.475 e. The smallest absolute Gasteiger partial charge is 0.475 e. The molecule has 2 aliphatic heterocycles. The number of nitrogens with one attached hydrogen (secondary N) is 2. The van der Waals surface area contributed by atoms with Gasteiger partial charge in [0.2, 0.25) is 11.8 Å². The maximum atomic E-state index is 12.9. The zero-order chi connectivity index (χ0) is 26.0. The maximum Gasteiger partial charge on any atom is 0.490 e. The highest BCUT2D eigenvalue weighted by Gasteiger charge is 2.38. The lowest BCUT2D eigenvalue weighted by atomic mass is 9.84. The van der Waals surface area contributed by atoms with Gasteiger partial charge in [-0.15, -0.1) is 0 Å². The summed E-state index contributed by atoms with van der Waals surface area (Å²) < 4.78 is 36.5. The van der Waals surface area contributed by atoms with Crippen LogP contribution in [0, 0.1) is 17.8 Å². The van der Waals surface area contributed by atoms with Crippen LogP contribution in [-0.2, 0) is 23.9 Å². The fraction of sp³-hybridized carbons (Fsp3) is 0.826. The molecule has 0 aromatic rings. The average Bonchev–Trinajstić information content (AvgIpc) is 2.85. The molecule has 3 rings (SSSR count). The van der Waals surface area contributed by atoms with Crippen molar-refractivity contribution in [3.63, 3.8) is 0 Å². The first kappa shape index (κ1) is 28.9. The van der Waals surface area contributed by atoms with E-state index in [1.165, 1.54) is 7.11 Å². The molecule has 3 N–H and O–H groups in total. The van der Waals surface area contributed by atoms with E-state index in [1.54, 1.807) is 0 Å². The van der Waals surface area contributed by atoms with Crippen LogP contribution < -0.4 is 10.6 Å². The number of carboxylic acid groups (broad SMARTS) is 1.